The minimum atomic E-state index is -0.872. The Hall–Kier alpha value is -3.07. The van der Waals surface area contributed by atoms with Crippen molar-refractivity contribution < 1.29 is 13.9 Å². The maximum atomic E-state index is 13.4. The maximum Gasteiger partial charge on any atom is 0.293 e. The number of piperidine rings is 1. The Bertz CT molecular complexity index is 1000. The number of likely N-dealkylation sites (tertiary alicyclic amines) is 1. The summed E-state index contributed by atoms with van der Waals surface area (Å²) < 4.78 is 20.0. The van der Waals surface area contributed by atoms with Crippen molar-refractivity contribution in [1.82, 2.24) is 29.6 Å². The molecule has 3 aromatic heterocycles. The smallest absolute Gasteiger partial charge is 0.293 e. The highest BCUT2D eigenvalue weighted by Crippen LogP contribution is 2.23. The number of aromatic nitrogens is 5. The van der Waals surface area contributed by atoms with Crippen molar-refractivity contribution in [3.8, 4) is 23.1 Å². The van der Waals surface area contributed by atoms with Crippen molar-refractivity contribution in [2.75, 3.05) is 20.2 Å². The fourth-order valence-electron chi connectivity index (χ4n) is 3.07. The van der Waals surface area contributed by atoms with Crippen LogP contribution in [0, 0.1) is 0 Å². The van der Waals surface area contributed by atoms with Gasteiger partial charge in [0, 0.05) is 25.4 Å². The van der Waals surface area contributed by atoms with Gasteiger partial charge in [-0.3, -0.25) is 9.78 Å². The van der Waals surface area contributed by atoms with E-state index < -0.39 is 6.17 Å². The van der Waals surface area contributed by atoms with Gasteiger partial charge in [-0.05, 0) is 31.0 Å². The molecule has 0 spiro atoms. The second kappa shape index (κ2) is 10.3. The molecular weight excluding hydrogens is 423 g/mol. The Kier molecular flexibility index (Phi) is 7.51. The van der Waals surface area contributed by atoms with Crippen LogP contribution < -0.4 is 4.74 Å². The first kappa shape index (κ1) is 22.6. The van der Waals surface area contributed by atoms with E-state index in [0.717, 1.165) is 0 Å². The lowest BCUT2D eigenvalue weighted by Crippen LogP contribution is -2.39. The highest BCUT2D eigenvalue weighted by molar-refractivity contribution is 6.30. The number of hydrogen-bond acceptors (Lipinski definition) is 6. The van der Waals surface area contributed by atoms with Crippen LogP contribution in [-0.2, 0) is 0 Å². The number of carbonyl (C=O) groups excluding carboxylic acids is 1. The van der Waals surface area contributed by atoms with Crippen molar-refractivity contribution in [2.24, 2.45) is 0 Å². The zero-order valence-corrected chi connectivity index (χ0v) is 18.4. The topological polar surface area (TPSA) is 86.0 Å². The van der Waals surface area contributed by atoms with Crippen molar-refractivity contribution in [2.45, 2.75) is 32.9 Å². The Balaban J connectivity index is 0.00000132. The number of hydrogen-bond donors (Lipinski definition) is 0. The summed E-state index contributed by atoms with van der Waals surface area (Å²) in [6.45, 7) is 4.68. The minimum absolute atomic E-state index is 0.0184. The molecule has 8 nitrogen and oxygen atoms in total. The van der Waals surface area contributed by atoms with Gasteiger partial charge in [0.05, 0.1) is 24.0 Å². The number of methoxy groups -OCH3 is 1. The summed E-state index contributed by atoms with van der Waals surface area (Å²) in [5.41, 5.74) is 1.09. The van der Waals surface area contributed by atoms with E-state index in [4.69, 9.17) is 16.3 Å². The van der Waals surface area contributed by atoms with Crippen molar-refractivity contribution >= 4 is 17.5 Å². The van der Waals surface area contributed by atoms with Crippen LogP contribution in [-0.4, -0.2) is 61.9 Å². The highest BCUT2D eigenvalue weighted by atomic mass is 35.5. The predicted octanol–water partition coefficient (Wildman–Crippen LogP) is 3.99. The van der Waals surface area contributed by atoms with Gasteiger partial charge in [-0.2, -0.15) is 0 Å². The van der Waals surface area contributed by atoms with E-state index in [1.165, 1.54) is 18.0 Å². The van der Waals surface area contributed by atoms with Crippen LogP contribution in [0.2, 0.25) is 5.02 Å². The van der Waals surface area contributed by atoms with Gasteiger partial charge < -0.3 is 9.64 Å². The molecule has 0 bridgehead atoms. The molecule has 31 heavy (non-hydrogen) atoms. The quantitative estimate of drug-likeness (QED) is 0.602. The second-order valence-corrected chi connectivity index (χ2v) is 6.99. The van der Waals surface area contributed by atoms with E-state index in [9.17, 15) is 9.18 Å². The first-order chi connectivity index (χ1) is 15.0. The summed E-state index contributed by atoms with van der Waals surface area (Å²) in [6.07, 6.45) is 2.83. The summed E-state index contributed by atoms with van der Waals surface area (Å²) in [6, 6.07) is 6.82. The Morgan fingerprint density at radius 3 is 2.45 bits per heavy atom. The van der Waals surface area contributed by atoms with Crippen molar-refractivity contribution in [3.05, 3.63) is 47.5 Å². The normalized spacial score (nSPS) is 14.0. The molecule has 4 rings (SSSR count). The first-order valence-electron chi connectivity index (χ1n) is 10.1. The standard InChI is InChI=1S/C19H18ClFN6O2.C2H6/c1-29-16-5-3-14(11-23-16)27-18(15-4-2-12(20)10-22-15)24-17(25-27)19(28)26-8-6-13(21)7-9-26;1-2/h2-5,10-11,13H,6-9H2,1H3;1-2H3. The molecule has 10 heteroatoms. The third-order valence-corrected chi connectivity index (χ3v) is 4.86. The van der Waals surface area contributed by atoms with Crippen molar-refractivity contribution in [1.29, 1.82) is 0 Å². The Morgan fingerprint density at radius 1 is 1.13 bits per heavy atom. The summed E-state index contributed by atoms with van der Waals surface area (Å²) in [5, 5.41) is 4.88. The molecule has 1 saturated heterocycles. The molecular formula is C21H24ClFN6O2. The molecule has 0 atom stereocenters. The molecule has 1 aliphatic heterocycles. The highest BCUT2D eigenvalue weighted by Gasteiger charge is 2.27. The first-order valence-corrected chi connectivity index (χ1v) is 10.5. The van der Waals surface area contributed by atoms with E-state index in [1.807, 2.05) is 13.8 Å². The van der Waals surface area contributed by atoms with Crippen LogP contribution in [0.15, 0.2) is 36.7 Å². The summed E-state index contributed by atoms with van der Waals surface area (Å²) in [4.78, 5) is 27.3. The van der Waals surface area contributed by atoms with Gasteiger partial charge in [-0.1, -0.05) is 25.4 Å². The zero-order chi connectivity index (χ0) is 22.4. The van der Waals surface area contributed by atoms with Crippen LogP contribution in [0.25, 0.3) is 17.2 Å². The number of nitrogens with zero attached hydrogens (tertiary/aromatic N) is 6. The van der Waals surface area contributed by atoms with Gasteiger partial charge in [0.1, 0.15) is 11.9 Å². The molecule has 0 radical (unpaired) electrons. The summed E-state index contributed by atoms with van der Waals surface area (Å²) >= 11 is 5.94. The van der Waals surface area contributed by atoms with Crippen LogP contribution >= 0.6 is 11.6 Å². The average Bonchev–Trinajstić information content (AvgIpc) is 3.26. The van der Waals surface area contributed by atoms with E-state index in [-0.39, 0.29) is 11.7 Å². The zero-order valence-electron chi connectivity index (χ0n) is 17.6. The lowest BCUT2D eigenvalue weighted by atomic mass is 10.1. The fraction of sp³-hybridized carbons (Fsp3) is 0.381. The minimum Gasteiger partial charge on any atom is -0.481 e. The summed E-state index contributed by atoms with van der Waals surface area (Å²) in [7, 11) is 1.53. The number of pyridine rings is 2. The fourth-order valence-corrected chi connectivity index (χ4v) is 3.18. The number of carbonyl (C=O) groups is 1. The van der Waals surface area contributed by atoms with Gasteiger partial charge in [0.15, 0.2) is 5.82 Å². The summed E-state index contributed by atoms with van der Waals surface area (Å²) in [5.74, 6) is 0.500. The molecule has 0 unspecified atom stereocenters. The molecule has 4 heterocycles. The number of ether oxygens (including phenoxy) is 1. The third kappa shape index (κ3) is 5.16. The maximum absolute atomic E-state index is 13.4. The predicted molar refractivity (Wildman–Crippen MR) is 115 cm³/mol. The monoisotopic (exact) mass is 446 g/mol. The largest absolute Gasteiger partial charge is 0.481 e. The van der Waals surface area contributed by atoms with E-state index in [1.54, 1.807) is 35.4 Å². The molecule has 3 aromatic rings. The van der Waals surface area contributed by atoms with E-state index >= 15 is 0 Å². The van der Waals surface area contributed by atoms with Gasteiger partial charge >= 0.3 is 0 Å². The van der Waals surface area contributed by atoms with Crippen molar-refractivity contribution in [3.63, 3.8) is 0 Å². The molecule has 0 aromatic carbocycles. The molecule has 1 fully saturated rings. The van der Waals surface area contributed by atoms with Gasteiger partial charge in [-0.25, -0.2) is 19.0 Å². The second-order valence-electron chi connectivity index (χ2n) is 6.56. The van der Waals surface area contributed by atoms with Crippen LogP contribution in [0.5, 0.6) is 5.88 Å². The molecule has 1 amide bonds. The average molecular weight is 447 g/mol. The molecule has 0 saturated carbocycles. The SMILES string of the molecule is CC.COc1ccc(-n2nc(C(=O)N3CCC(F)CC3)nc2-c2ccc(Cl)cn2)cn1. The molecule has 164 valence electrons. The van der Waals surface area contributed by atoms with Crippen LogP contribution in [0.3, 0.4) is 0 Å². The lowest BCUT2D eigenvalue weighted by molar-refractivity contribution is 0.0655. The molecule has 0 N–H and O–H groups in total. The van der Waals surface area contributed by atoms with Gasteiger partial charge in [0.2, 0.25) is 11.7 Å². The van der Waals surface area contributed by atoms with E-state index in [2.05, 4.69) is 20.1 Å². The number of amides is 1. The Labute approximate surface area is 185 Å². The number of alkyl halides is 1. The lowest BCUT2D eigenvalue weighted by Gasteiger charge is -2.27. The van der Waals surface area contributed by atoms with E-state index in [0.29, 0.717) is 54.0 Å². The Morgan fingerprint density at radius 2 is 1.87 bits per heavy atom. The number of halogens is 2. The molecule has 0 aliphatic carbocycles. The number of rotatable bonds is 4. The van der Waals surface area contributed by atoms with Crippen LogP contribution in [0.4, 0.5) is 4.39 Å². The van der Waals surface area contributed by atoms with Crippen LogP contribution in [0.1, 0.15) is 37.3 Å². The third-order valence-electron chi connectivity index (χ3n) is 4.64. The van der Waals surface area contributed by atoms with Gasteiger partial charge in [-0.15, -0.1) is 5.10 Å². The molecule has 1 aliphatic rings. The van der Waals surface area contributed by atoms with Gasteiger partial charge in [0.25, 0.3) is 5.91 Å².